The molecule has 27 heavy (non-hydrogen) atoms. The topological polar surface area (TPSA) is 32.3 Å². The summed E-state index contributed by atoms with van der Waals surface area (Å²) in [7, 11) is 1.78. The van der Waals surface area contributed by atoms with Crippen molar-refractivity contribution in [3.63, 3.8) is 0 Å². The van der Waals surface area contributed by atoms with Crippen LogP contribution in [0.2, 0.25) is 0 Å². The fraction of sp³-hybridized carbons (Fsp3) is 0.174. The maximum atomic E-state index is 13.2. The number of rotatable bonds is 6. The van der Waals surface area contributed by atoms with E-state index < -0.39 is 0 Å². The van der Waals surface area contributed by atoms with E-state index in [0.717, 1.165) is 22.3 Å². The summed E-state index contributed by atoms with van der Waals surface area (Å²) in [6.07, 6.45) is 0.595. The molecule has 0 saturated carbocycles. The summed E-state index contributed by atoms with van der Waals surface area (Å²) in [6.45, 7) is 0.976. The molecule has 0 atom stereocenters. The third-order valence-electron chi connectivity index (χ3n) is 4.44. The van der Waals surface area contributed by atoms with Crippen molar-refractivity contribution in [1.29, 1.82) is 0 Å². The minimum atomic E-state index is -0.256. The lowest BCUT2D eigenvalue weighted by atomic mass is 9.99. The lowest BCUT2D eigenvalue weighted by Gasteiger charge is -2.20. The molecule has 0 fully saturated rings. The molecule has 0 spiro atoms. The first-order valence-electron chi connectivity index (χ1n) is 9.00. The molecular formula is C23H23FN2O. The first-order chi connectivity index (χ1) is 13.1. The van der Waals surface area contributed by atoms with Crippen molar-refractivity contribution in [2.45, 2.75) is 13.0 Å². The molecule has 0 aromatic heterocycles. The van der Waals surface area contributed by atoms with Gasteiger partial charge in [-0.25, -0.2) is 9.18 Å². The Morgan fingerprint density at radius 3 is 2.48 bits per heavy atom. The number of amides is 2. The molecule has 3 aromatic carbocycles. The predicted octanol–water partition coefficient (Wildman–Crippen LogP) is 4.88. The second-order valence-electron chi connectivity index (χ2n) is 6.49. The average molecular weight is 362 g/mol. The van der Waals surface area contributed by atoms with Gasteiger partial charge in [0, 0.05) is 20.1 Å². The number of carbonyl (C=O) groups is 1. The van der Waals surface area contributed by atoms with Gasteiger partial charge < -0.3 is 10.2 Å². The van der Waals surface area contributed by atoms with Gasteiger partial charge in [-0.05, 0) is 40.8 Å². The number of hydrogen-bond acceptors (Lipinski definition) is 1. The molecule has 1 N–H and O–H groups in total. The predicted molar refractivity (Wildman–Crippen MR) is 107 cm³/mol. The Balaban J connectivity index is 1.59. The van der Waals surface area contributed by atoms with Crippen molar-refractivity contribution in [2.75, 3.05) is 13.6 Å². The van der Waals surface area contributed by atoms with Gasteiger partial charge in [0.2, 0.25) is 0 Å². The van der Waals surface area contributed by atoms with E-state index in [1.807, 2.05) is 42.5 Å². The quantitative estimate of drug-likeness (QED) is 0.666. The monoisotopic (exact) mass is 362 g/mol. The zero-order valence-corrected chi connectivity index (χ0v) is 15.4. The van der Waals surface area contributed by atoms with Gasteiger partial charge in [0.15, 0.2) is 0 Å². The van der Waals surface area contributed by atoms with Crippen LogP contribution in [0.1, 0.15) is 11.1 Å². The highest BCUT2D eigenvalue weighted by Gasteiger charge is 2.11. The maximum Gasteiger partial charge on any atom is 0.317 e. The molecule has 4 heteroatoms. The third-order valence-corrected chi connectivity index (χ3v) is 4.44. The molecule has 0 radical (unpaired) electrons. The van der Waals surface area contributed by atoms with Crippen LogP contribution in [0.15, 0.2) is 78.9 Å². The van der Waals surface area contributed by atoms with E-state index in [1.165, 1.54) is 12.1 Å². The van der Waals surface area contributed by atoms with Gasteiger partial charge in [-0.3, -0.25) is 0 Å². The summed E-state index contributed by atoms with van der Waals surface area (Å²) in [5.41, 5.74) is 4.21. The Morgan fingerprint density at radius 1 is 0.963 bits per heavy atom. The van der Waals surface area contributed by atoms with Gasteiger partial charge >= 0.3 is 6.03 Å². The Labute approximate surface area is 159 Å². The molecule has 3 aromatic rings. The molecule has 0 unspecified atom stereocenters. The van der Waals surface area contributed by atoms with Crippen molar-refractivity contribution >= 4 is 6.03 Å². The smallest absolute Gasteiger partial charge is 0.317 e. The van der Waals surface area contributed by atoms with Gasteiger partial charge in [-0.15, -0.1) is 0 Å². The van der Waals surface area contributed by atoms with Crippen LogP contribution in [-0.4, -0.2) is 24.5 Å². The maximum absolute atomic E-state index is 13.2. The van der Waals surface area contributed by atoms with E-state index in [0.29, 0.717) is 19.5 Å². The van der Waals surface area contributed by atoms with Gasteiger partial charge in [0.05, 0.1) is 0 Å². The first-order valence-corrected chi connectivity index (χ1v) is 9.00. The van der Waals surface area contributed by atoms with E-state index in [-0.39, 0.29) is 11.8 Å². The Kier molecular flexibility index (Phi) is 6.21. The zero-order valence-electron chi connectivity index (χ0n) is 15.4. The molecular weight excluding hydrogens is 339 g/mol. The lowest BCUT2D eigenvalue weighted by Crippen LogP contribution is -2.37. The van der Waals surface area contributed by atoms with Crippen LogP contribution in [0, 0.1) is 5.82 Å². The molecule has 0 aliphatic rings. The van der Waals surface area contributed by atoms with Crippen LogP contribution in [-0.2, 0) is 13.0 Å². The van der Waals surface area contributed by atoms with Crippen LogP contribution < -0.4 is 5.32 Å². The number of benzene rings is 3. The summed E-state index contributed by atoms with van der Waals surface area (Å²) in [5, 5.41) is 2.89. The molecule has 0 heterocycles. The summed E-state index contributed by atoms with van der Waals surface area (Å²) in [6, 6.07) is 24.5. The molecule has 3 rings (SSSR count). The minimum absolute atomic E-state index is 0.144. The van der Waals surface area contributed by atoms with E-state index in [9.17, 15) is 9.18 Å². The van der Waals surface area contributed by atoms with Crippen LogP contribution in [0.25, 0.3) is 11.1 Å². The van der Waals surface area contributed by atoms with Crippen LogP contribution >= 0.6 is 0 Å². The fourth-order valence-electron chi connectivity index (χ4n) is 3.03. The van der Waals surface area contributed by atoms with Crippen LogP contribution in [0.3, 0.4) is 0 Å². The van der Waals surface area contributed by atoms with E-state index >= 15 is 0 Å². The normalized spacial score (nSPS) is 10.4. The molecule has 0 aliphatic heterocycles. The molecule has 3 nitrogen and oxygen atoms in total. The van der Waals surface area contributed by atoms with Crippen molar-refractivity contribution in [3.05, 3.63) is 95.8 Å². The molecule has 0 bridgehead atoms. The first kappa shape index (κ1) is 18.6. The highest BCUT2D eigenvalue weighted by atomic mass is 19.1. The van der Waals surface area contributed by atoms with Gasteiger partial charge in [-0.1, -0.05) is 66.7 Å². The van der Waals surface area contributed by atoms with Crippen LogP contribution in [0.5, 0.6) is 0 Å². The Bertz CT molecular complexity index is 896. The fourth-order valence-corrected chi connectivity index (χ4v) is 3.03. The summed E-state index contributed by atoms with van der Waals surface area (Å²) >= 11 is 0. The average Bonchev–Trinajstić information content (AvgIpc) is 2.69. The second kappa shape index (κ2) is 8.99. The van der Waals surface area contributed by atoms with E-state index in [1.54, 1.807) is 18.0 Å². The summed E-state index contributed by atoms with van der Waals surface area (Å²) < 4.78 is 13.2. The van der Waals surface area contributed by atoms with Crippen molar-refractivity contribution in [3.8, 4) is 11.1 Å². The Hall–Kier alpha value is -3.14. The highest BCUT2D eigenvalue weighted by Crippen LogP contribution is 2.24. The largest absolute Gasteiger partial charge is 0.338 e. The number of carbonyl (C=O) groups excluding carboxylic acids is 1. The van der Waals surface area contributed by atoms with Crippen LogP contribution in [0.4, 0.5) is 9.18 Å². The van der Waals surface area contributed by atoms with Gasteiger partial charge in [0.25, 0.3) is 0 Å². The van der Waals surface area contributed by atoms with Crippen molar-refractivity contribution in [2.24, 2.45) is 0 Å². The Morgan fingerprint density at radius 2 is 1.70 bits per heavy atom. The zero-order chi connectivity index (χ0) is 19.1. The number of halogens is 1. The van der Waals surface area contributed by atoms with E-state index in [4.69, 9.17) is 0 Å². The lowest BCUT2D eigenvalue weighted by molar-refractivity contribution is 0.207. The number of nitrogens with one attached hydrogen (secondary N) is 1. The number of nitrogens with zero attached hydrogens (tertiary/aromatic N) is 1. The van der Waals surface area contributed by atoms with Crippen molar-refractivity contribution < 1.29 is 9.18 Å². The highest BCUT2D eigenvalue weighted by molar-refractivity contribution is 5.74. The molecule has 2 amide bonds. The molecule has 0 aliphatic carbocycles. The molecule has 0 saturated heterocycles. The van der Waals surface area contributed by atoms with Crippen molar-refractivity contribution in [1.82, 2.24) is 10.2 Å². The minimum Gasteiger partial charge on any atom is -0.338 e. The number of hydrogen-bond donors (Lipinski definition) is 1. The SMILES string of the molecule is CN(Cc1ccccc1-c1ccccc1)C(=O)NCCc1cccc(F)c1. The molecule has 138 valence electrons. The third kappa shape index (κ3) is 5.17. The van der Waals surface area contributed by atoms with E-state index in [2.05, 4.69) is 23.5 Å². The van der Waals surface area contributed by atoms with Gasteiger partial charge in [0.1, 0.15) is 5.82 Å². The van der Waals surface area contributed by atoms with Gasteiger partial charge in [-0.2, -0.15) is 0 Å². The standard InChI is InChI=1S/C23H23FN2O/c1-26(23(27)25-15-14-18-8-7-12-21(24)16-18)17-20-11-5-6-13-22(20)19-9-3-2-4-10-19/h2-13,16H,14-15,17H2,1H3,(H,25,27). The summed E-state index contributed by atoms with van der Waals surface area (Å²) in [5.74, 6) is -0.256. The second-order valence-corrected chi connectivity index (χ2v) is 6.49. The summed E-state index contributed by atoms with van der Waals surface area (Å²) in [4.78, 5) is 14.1. The number of urea groups is 1.